The van der Waals surface area contributed by atoms with Crippen LogP contribution in [0.2, 0.25) is 5.02 Å². The van der Waals surface area contributed by atoms with Gasteiger partial charge in [-0.05, 0) is 56.2 Å². The summed E-state index contributed by atoms with van der Waals surface area (Å²) in [7, 11) is 0. The molecule has 1 heterocycles. The van der Waals surface area contributed by atoms with Gasteiger partial charge in [0.2, 0.25) is 5.91 Å². The third-order valence-corrected chi connectivity index (χ3v) is 5.72. The molecule has 0 radical (unpaired) electrons. The molecular weight excluding hydrogens is 418 g/mol. The van der Waals surface area contributed by atoms with Crippen molar-refractivity contribution in [1.82, 2.24) is 4.98 Å². The maximum Gasteiger partial charge on any atom is 0.258 e. The molecule has 154 valence electrons. The van der Waals surface area contributed by atoms with Crippen molar-refractivity contribution in [1.29, 1.82) is 0 Å². The van der Waals surface area contributed by atoms with E-state index in [1.54, 1.807) is 24.3 Å². The van der Waals surface area contributed by atoms with Gasteiger partial charge in [0, 0.05) is 11.4 Å². The second-order valence-electron chi connectivity index (χ2n) is 6.85. The van der Waals surface area contributed by atoms with Crippen LogP contribution in [0.1, 0.15) is 27.2 Å². The van der Waals surface area contributed by atoms with Gasteiger partial charge in [-0.15, -0.1) is 0 Å². The number of hydrogen-bond acceptors (Lipinski definition) is 4. The molecular formula is C23H22ClN3O2S. The summed E-state index contributed by atoms with van der Waals surface area (Å²) in [5.74, 6) is -0.367. The van der Waals surface area contributed by atoms with Gasteiger partial charge in [-0.3, -0.25) is 9.59 Å². The lowest BCUT2D eigenvalue weighted by Gasteiger charge is -2.14. The largest absolute Gasteiger partial charge is 0.324 e. The fraction of sp³-hybridized carbons (Fsp3) is 0.174. The molecule has 0 spiro atoms. The lowest BCUT2D eigenvalue weighted by atomic mass is 10.1. The van der Waals surface area contributed by atoms with Crippen LogP contribution >= 0.6 is 23.4 Å². The van der Waals surface area contributed by atoms with E-state index in [0.717, 1.165) is 22.5 Å². The molecule has 0 aliphatic carbocycles. The molecule has 2 N–H and O–H groups in total. The zero-order valence-corrected chi connectivity index (χ0v) is 18.5. The van der Waals surface area contributed by atoms with Gasteiger partial charge in [-0.25, -0.2) is 4.98 Å². The number of thioether (sulfide) groups is 1. The molecule has 3 aromatic rings. The van der Waals surface area contributed by atoms with Gasteiger partial charge in [-0.1, -0.05) is 53.7 Å². The Morgan fingerprint density at radius 3 is 2.30 bits per heavy atom. The molecule has 0 atom stereocenters. The van der Waals surface area contributed by atoms with Gasteiger partial charge in [0.1, 0.15) is 5.03 Å². The molecule has 0 aliphatic rings. The summed E-state index contributed by atoms with van der Waals surface area (Å²) in [5.41, 5.74) is 4.33. The maximum absolute atomic E-state index is 13.0. The first kappa shape index (κ1) is 21.9. The van der Waals surface area contributed by atoms with Crippen LogP contribution in [0.4, 0.5) is 11.4 Å². The number of carbonyl (C=O) groups is 2. The van der Waals surface area contributed by atoms with E-state index in [-0.39, 0.29) is 17.6 Å². The molecule has 2 amide bonds. The third kappa shape index (κ3) is 5.40. The van der Waals surface area contributed by atoms with E-state index in [1.807, 2.05) is 51.1 Å². The van der Waals surface area contributed by atoms with E-state index < -0.39 is 0 Å². The molecule has 7 heteroatoms. The van der Waals surface area contributed by atoms with E-state index in [1.165, 1.54) is 11.8 Å². The van der Waals surface area contributed by atoms with Gasteiger partial charge in [0.25, 0.3) is 5.91 Å². The molecule has 0 fully saturated rings. The Hall–Kier alpha value is -2.83. The van der Waals surface area contributed by atoms with Gasteiger partial charge in [-0.2, -0.15) is 0 Å². The van der Waals surface area contributed by atoms with Crippen molar-refractivity contribution in [3.05, 3.63) is 82.0 Å². The summed E-state index contributed by atoms with van der Waals surface area (Å²) in [6.07, 6.45) is 0. The lowest BCUT2D eigenvalue weighted by molar-refractivity contribution is -0.113. The van der Waals surface area contributed by atoms with Crippen LogP contribution in [-0.2, 0) is 4.79 Å². The summed E-state index contributed by atoms with van der Waals surface area (Å²) >= 11 is 7.32. The predicted molar refractivity (Wildman–Crippen MR) is 124 cm³/mol. The monoisotopic (exact) mass is 439 g/mol. The lowest BCUT2D eigenvalue weighted by Crippen LogP contribution is -2.18. The molecule has 3 rings (SSSR count). The number of aryl methyl sites for hydroxylation is 3. The van der Waals surface area contributed by atoms with Gasteiger partial charge in [0.15, 0.2) is 0 Å². The Kier molecular flexibility index (Phi) is 7.13. The van der Waals surface area contributed by atoms with Crippen LogP contribution in [0.25, 0.3) is 0 Å². The minimum Gasteiger partial charge on any atom is -0.324 e. The minimum absolute atomic E-state index is 0.103. The minimum atomic E-state index is -0.247. The van der Waals surface area contributed by atoms with Crippen LogP contribution in [0.3, 0.4) is 0 Å². The molecule has 0 saturated carbocycles. The highest BCUT2D eigenvalue weighted by Gasteiger charge is 2.19. The first-order chi connectivity index (χ1) is 14.3. The zero-order valence-electron chi connectivity index (χ0n) is 17.0. The number of rotatable bonds is 6. The SMILES string of the molecule is Cc1cc(C)c(C(=O)Nc2ccccc2C)c(SCC(=O)Nc2ccccc2Cl)n1. The summed E-state index contributed by atoms with van der Waals surface area (Å²) in [6.45, 7) is 5.67. The van der Waals surface area contributed by atoms with E-state index in [2.05, 4.69) is 15.6 Å². The Bertz CT molecular complexity index is 1100. The maximum atomic E-state index is 13.0. The number of benzene rings is 2. The highest BCUT2D eigenvalue weighted by molar-refractivity contribution is 8.00. The Morgan fingerprint density at radius 2 is 1.60 bits per heavy atom. The van der Waals surface area contributed by atoms with E-state index in [0.29, 0.717) is 21.3 Å². The molecule has 5 nitrogen and oxygen atoms in total. The molecule has 0 bridgehead atoms. The average Bonchev–Trinajstić information content (AvgIpc) is 2.69. The number of amides is 2. The Morgan fingerprint density at radius 1 is 0.933 bits per heavy atom. The zero-order chi connectivity index (χ0) is 21.7. The number of aromatic nitrogens is 1. The van der Waals surface area contributed by atoms with Crippen molar-refractivity contribution in [2.24, 2.45) is 0 Å². The first-order valence-corrected chi connectivity index (χ1v) is 10.7. The number of hydrogen-bond donors (Lipinski definition) is 2. The quantitative estimate of drug-likeness (QED) is 0.487. The smallest absolute Gasteiger partial charge is 0.258 e. The Labute approximate surface area is 185 Å². The molecule has 30 heavy (non-hydrogen) atoms. The highest BCUT2D eigenvalue weighted by Crippen LogP contribution is 2.27. The van der Waals surface area contributed by atoms with Crippen molar-refractivity contribution < 1.29 is 9.59 Å². The van der Waals surface area contributed by atoms with E-state index in [9.17, 15) is 9.59 Å². The topological polar surface area (TPSA) is 71.1 Å². The van der Waals surface area contributed by atoms with Crippen LogP contribution in [0, 0.1) is 20.8 Å². The number of nitrogens with one attached hydrogen (secondary N) is 2. The van der Waals surface area contributed by atoms with E-state index in [4.69, 9.17) is 11.6 Å². The van der Waals surface area contributed by atoms with Crippen LogP contribution in [0.5, 0.6) is 0 Å². The fourth-order valence-corrected chi connectivity index (χ4v) is 4.09. The van der Waals surface area contributed by atoms with Crippen LogP contribution in [-0.4, -0.2) is 22.6 Å². The number of carbonyl (C=O) groups excluding carboxylic acids is 2. The van der Waals surface area contributed by atoms with Crippen molar-refractivity contribution in [3.8, 4) is 0 Å². The van der Waals surface area contributed by atoms with Gasteiger partial charge in [0.05, 0.1) is 22.0 Å². The fourth-order valence-electron chi connectivity index (χ4n) is 2.96. The van der Waals surface area contributed by atoms with Crippen molar-refractivity contribution >= 4 is 46.6 Å². The summed E-state index contributed by atoms with van der Waals surface area (Å²) in [4.78, 5) is 29.9. The number of pyridine rings is 1. The first-order valence-electron chi connectivity index (χ1n) is 9.37. The summed E-state index contributed by atoms with van der Waals surface area (Å²) in [5, 5.41) is 6.73. The van der Waals surface area contributed by atoms with Crippen molar-refractivity contribution in [2.45, 2.75) is 25.8 Å². The standard InChI is InChI=1S/C23H22ClN3O2S/c1-14-8-4-6-10-18(14)27-22(29)21-15(2)12-16(3)25-23(21)30-13-20(28)26-19-11-7-5-9-17(19)24/h4-12H,13H2,1-3H3,(H,26,28)(H,27,29). The van der Waals surface area contributed by atoms with Gasteiger partial charge >= 0.3 is 0 Å². The molecule has 0 unspecified atom stereocenters. The van der Waals surface area contributed by atoms with Crippen LogP contribution < -0.4 is 10.6 Å². The molecule has 1 aromatic heterocycles. The predicted octanol–water partition coefficient (Wildman–Crippen LogP) is 5.64. The number of halogens is 1. The van der Waals surface area contributed by atoms with Gasteiger partial charge < -0.3 is 10.6 Å². The average molecular weight is 440 g/mol. The third-order valence-electron chi connectivity index (χ3n) is 4.42. The van der Waals surface area contributed by atoms with Crippen LogP contribution in [0.15, 0.2) is 59.6 Å². The number of anilines is 2. The molecule has 0 saturated heterocycles. The second kappa shape index (κ2) is 9.78. The summed E-state index contributed by atoms with van der Waals surface area (Å²) < 4.78 is 0. The molecule has 2 aromatic carbocycles. The summed E-state index contributed by atoms with van der Waals surface area (Å²) in [6, 6.07) is 16.5. The Balaban J connectivity index is 1.77. The number of nitrogens with zero attached hydrogens (tertiary/aromatic N) is 1. The van der Waals surface area contributed by atoms with Crippen molar-refractivity contribution in [3.63, 3.8) is 0 Å². The highest BCUT2D eigenvalue weighted by atomic mass is 35.5. The van der Waals surface area contributed by atoms with E-state index >= 15 is 0 Å². The second-order valence-corrected chi connectivity index (χ2v) is 8.22. The normalized spacial score (nSPS) is 10.5. The molecule has 0 aliphatic heterocycles. The number of para-hydroxylation sites is 2. The van der Waals surface area contributed by atoms with Crippen molar-refractivity contribution in [2.75, 3.05) is 16.4 Å².